The van der Waals surface area contributed by atoms with Gasteiger partial charge in [0.15, 0.2) is 0 Å². The highest BCUT2D eigenvalue weighted by Gasteiger charge is 2.50. The second-order valence-electron chi connectivity index (χ2n) is 8.04. The van der Waals surface area contributed by atoms with E-state index in [0.717, 1.165) is 18.3 Å². The van der Waals surface area contributed by atoms with Gasteiger partial charge < -0.3 is 4.90 Å². The molecule has 0 amide bonds. The molecular weight excluding hydrogens is 417 g/mol. The van der Waals surface area contributed by atoms with Crippen LogP contribution in [0.2, 0.25) is 0 Å². The molecule has 9 heteroatoms. The quantitative estimate of drug-likeness (QED) is 0.370. The van der Waals surface area contributed by atoms with Crippen LogP contribution in [0.15, 0.2) is 30.6 Å². The average Bonchev–Trinajstić information content (AvgIpc) is 3.58. The van der Waals surface area contributed by atoms with Gasteiger partial charge in [-0.1, -0.05) is 17.9 Å². The number of hydrogen-bond donors (Lipinski definition) is 2. The van der Waals surface area contributed by atoms with Crippen LogP contribution in [0, 0.1) is 33.9 Å². The molecule has 32 heavy (non-hydrogen) atoms. The van der Waals surface area contributed by atoms with E-state index in [2.05, 4.69) is 21.8 Å². The SMILES string of the molecule is N=Cn1c(=N)nc(N2CCCc3c(C#CC4(C(F)F)CC4)cncc32)c2c(F)cccc21. The lowest BCUT2D eigenvalue weighted by atomic mass is 9.97. The lowest BCUT2D eigenvalue weighted by Gasteiger charge is -2.31. The highest BCUT2D eigenvalue weighted by Crippen LogP contribution is 2.50. The number of nitrogens with one attached hydrogen (secondary N) is 2. The molecule has 1 aliphatic carbocycles. The molecule has 5 rings (SSSR count). The summed E-state index contributed by atoms with van der Waals surface area (Å²) < 4.78 is 42.7. The van der Waals surface area contributed by atoms with E-state index in [-0.39, 0.29) is 16.8 Å². The van der Waals surface area contributed by atoms with Crippen LogP contribution < -0.4 is 10.5 Å². The van der Waals surface area contributed by atoms with Crippen LogP contribution in [0.1, 0.15) is 30.4 Å². The third-order valence-corrected chi connectivity index (χ3v) is 6.09. The largest absolute Gasteiger partial charge is 0.324 e. The number of fused-ring (bicyclic) bond motifs is 2. The molecule has 162 valence electrons. The Balaban J connectivity index is 1.67. The number of anilines is 2. The lowest BCUT2D eigenvalue weighted by molar-refractivity contribution is 0.0921. The van der Waals surface area contributed by atoms with Gasteiger partial charge in [-0.25, -0.2) is 13.2 Å². The number of pyridine rings is 1. The molecule has 1 saturated carbocycles. The minimum absolute atomic E-state index is 0.197. The summed E-state index contributed by atoms with van der Waals surface area (Å²) in [5.74, 6) is 5.44. The van der Waals surface area contributed by atoms with Crippen molar-refractivity contribution >= 4 is 28.7 Å². The fourth-order valence-corrected chi connectivity index (χ4v) is 4.14. The molecule has 1 aliphatic heterocycles. The van der Waals surface area contributed by atoms with E-state index in [9.17, 15) is 13.2 Å². The first-order valence-electron chi connectivity index (χ1n) is 10.3. The number of aromatic nitrogens is 3. The molecular formula is C23H19F3N6. The summed E-state index contributed by atoms with van der Waals surface area (Å²) in [6.45, 7) is 0.525. The second kappa shape index (κ2) is 7.48. The van der Waals surface area contributed by atoms with Gasteiger partial charge in [0.1, 0.15) is 11.6 Å². The highest BCUT2D eigenvalue weighted by atomic mass is 19.3. The topological polar surface area (TPSA) is 81.7 Å². The van der Waals surface area contributed by atoms with Crippen LogP contribution in [-0.2, 0) is 6.42 Å². The van der Waals surface area contributed by atoms with Gasteiger partial charge in [-0.05, 0) is 43.4 Å². The molecule has 1 aromatic carbocycles. The molecule has 6 nitrogen and oxygen atoms in total. The molecule has 0 bridgehead atoms. The van der Waals surface area contributed by atoms with Gasteiger partial charge in [0.05, 0.1) is 34.5 Å². The summed E-state index contributed by atoms with van der Waals surface area (Å²) in [7, 11) is 0. The maximum absolute atomic E-state index is 14.9. The Morgan fingerprint density at radius 2 is 2.03 bits per heavy atom. The van der Waals surface area contributed by atoms with Crippen LogP contribution in [0.25, 0.3) is 10.9 Å². The number of nitrogens with zero attached hydrogens (tertiary/aromatic N) is 4. The Morgan fingerprint density at radius 1 is 1.22 bits per heavy atom. The van der Waals surface area contributed by atoms with E-state index in [0.29, 0.717) is 42.6 Å². The zero-order valence-corrected chi connectivity index (χ0v) is 17.0. The van der Waals surface area contributed by atoms with Crippen molar-refractivity contribution in [2.45, 2.75) is 32.1 Å². The normalized spacial score (nSPS) is 16.4. The maximum Gasteiger partial charge on any atom is 0.254 e. The Bertz CT molecular complexity index is 1360. The molecule has 0 unspecified atom stereocenters. The van der Waals surface area contributed by atoms with Crippen molar-refractivity contribution in [3.63, 3.8) is 0 Å². The van der Waals surface area contributed by atoms with Crippen molar-refractivity contribution in [3.05, 3.63) is 53.2 Å². The predicted octanol–water partition coefficient (Wildman–Crippen LogP) is 3.99. The molecule has 2 N–H and O–H groups in total. The maximum atomic E-state index is 14.9. The van der Waals surface area contributed by atoms with Crippen LogP contribution in [-0.4, -0.2) is 33.8 Å². The van der Waals surface area contributed by atoms with Crippen molar-refractivity contribution < 1.29 is 13.2 Å². The molecule has 0 atom stereocenters. The zero-order chi connectivity index (χ0) is 22.5. The van der Waals surface area contributed by atoms with Gasteiger partial charge in [0, 0.05) is 18.3 Å². The summed E-state index contributed by atoms with van der Waals surface area (Å²) in [6.07, 6.45) is 3.85. The van der Waals surface area contributed by atoms with E-state index >= 15 is 0 Å². The fraction of sp³-hybridized carbons (Fsp3) is 0.304. The van der Waals surface area contributed by atoms with Crippen LogP contribution >= 0.6 is 0 Å². The summed E-state index contributed by atoms with van der Waals surface area (Å²) in [5, 5.41) is 16.0. The lowest BCUT2D eigenvalue weighted by Crippen LogP contribution is -2.31. The summed E-state index contributed by atoms with van der Waals surface area (Å²) in [6, 6.07) is 4.48. The summed E-state index contributed by atoms with van der Waals surface area (Å²) in [4.78, 5) is 10.4. The molecule has 3 heterocycles. The van der Waals surface area contributed by atoms with Gasteiger partial charge >= 0.3 is 0 Å². The third kappa shape index (κ3) is 3.14. The van der Waals surface area contributed by atoms with Gasteiger partial charge in [0.2, 0.25) is 5.62 Å². The van der Waals surface area contributed by atoms with Gasteiger partial charge in [-0.3, -0.25) is 20.4 Å². The number of rotatable bonds is 3. The molecule has 1 fully saturated rings. The van der Waals surface area contributed by atoms with Gasteiger partial charge in [-0.15, -0.1) is 0 Å². The minimum atomic E-state index is -2.47. The Labute approximate surface area is 181 Å². The van der Waals surface area contributed by atoms with E-state index in [1.165, 1.54) is 16.7 Å². The number of halogens is 3. The molecule has 0 saturated heterocycles. The molecule has 0 radical (unpaired) electrons. The van der Waals surface area contributed by atoms with Crippen LogP contribution in [0.4, 0.5) is 24.7 Å². The van der Waals surface area contributed by atoms with Crippen molar-refractivity contribution in [2.75, 3.05) is 11.4 Å². The van der Waals surface area contributed by atoms with E-state index in [1.807, 2.05) is 0 Å². The fourth-order valence-electron chi connectivity index (χ4n) is 4.14. The van der Waals surface area contributed by atoms with Crippen molar-refractivity contribution in [1.82, 2.24) is 14.5 Å². The van der Waals surface area contributed by atoms with E-state index in [4.69, 9.17) is 10.8 Å². The number of benzene rings is 1. The van der Waals surface area contributed by atoms with Gasteiger partial charge in [0.25, 0.3) is 6.43 Å². The second-order valence-corrected chi connectivity index (χ2v) is 8.04. The molecule has 3 aromatic rings. The van der Waals surface area contributed by atoms with Crippen molar-refractivity contribution in [3.8, 4) is 11.8 Å². The highest BCUT2D eigenvalue weighted by molar-refractivity contribution is 5.95. The molecule has 2 aliphatic rings. The average molecular weight is 436 g/mol. The van der Waals surface area contributed by atoms with Crippen LogP contribution in [0.5, 0.6) is 0 Å². The van der Waals surface area contributed by atoms with Gasteiger partial charge in [-0.2, -0.15) is 4.98 Å². The van der Waals surface area contributed by atoms with Crippen LogP contribution in [0.3, 0.4) is 0 Å². The zero-order valence-electron chi connectivity index (χ0n) is 17.0. The molecule has 0 spiro atoms. The predicted molar refractivity (Wildman–Crippen MR) is 114 cm³/mol. The monoisotopic (exact) mass is 436 g/mol. The Hall–Kier alpha value is -3.67. The third-order valence-electron chi connectivity index (χ3n) is 6.09. The van der Waals surface area contributed by atoms with E-state index in [1.54, 1.807) is 23.4 Å². The smallest absolute Gasteiger partial charge is 0.254 e. The first kappa shape index (κ1) is 20.2. The van der Waals surface area contributed by atoms with Crippen molar-refractivity contribution in [1.29, 1.82) is 10.8 Å². The first-order chi connectivity index (χ1) is 15.4. The first-order valence-corrected chi connectivity index (χ1v) is 10.3. The van der Waals surface area contributed by atoms with E-state index < -0.39 is 17.7 Å². The summed E-state index contributed by atoms with van der Waals surface area (Å²) in [5.41, 5.74) is 1.06. The number of alkyl halides is 2. The standard InChI is InChI=1S/C23H19F3N6/c24-16-4-1-5-17-19(16)20(30-22(28)32(17)13-27)31-10-2-3-15-14(11-29-12-18(15)31)6-7-23(8-9-23)21(25)26/h1,4-5,11-13,21,27-28H,2-3,8-10H2. The Kier molecular flexibility index (Phi) is 4.73. The van der Waals surface area contributed by atoms with Crippen molar-refractivity contribution in [2.24, 2.45) is 5.41 Å². The minimum Gasteiger partial charge on any atom is -0.324 e. The molecule has 2 aromatic heterocycles. The summed E-state index contributed by atoms with van der Waals surface area (Å²) >= 11 is 0. The number of hydrogen-bond acceptors (Lipinski definition) is 5. The Morgan fingerprint density at radius 3 is 2.75 bits per heavy atom.